The number of rotatable bonds is 10. The van der Waals surface area contributed by atoms with Gasteiger partial charge < -0.3 is 15.0 Å². The van der Waals surface area contributed by atoms with Crippen LogP contribution in [0.25, 0.3) is 0 Å². The predicted molar refractivity (Wildman–Crippen MR) is 137 cm³/mol. The highest BCUT2D eigenvalue weighted by Crippen LogP contribution is 2.32. The Balaban J connectivity index is 1.93. The Bertz CT molecular complexity index is 1250. The highest BCUT2D eigenvalue weighted by Gasteiger charge is 2.34. The third-order valence-electron chi connectivity index (χ3n) is 6.50. The van der Waals surface area contributed by atoms with Crippen molar-refractivity contribution in [2.24, 2.45) is 0 Å². The van der Waals surface area contributed by atoms with Crippen LogP contribution in [0.3, 0.4) is 0 Å². The van der Waals surface area contributed by atoms with E-state index in [9.17, 15) is 31.2 Å². The van der Waals surface area contributed by atoms with E-state index >= 15 is 0 Å². The zero-order chi connectivity index (χ0) is 28.1. The molecular formula is C26H32F3N3O5S. The summed E-state index contributed by atoms with van der Waals surface area (Å²) in [5.41, 5.74) is -0.725. The van der Waals surface area contributed by atoms with Gasteiger partial charge in [-0.2, -0.15) is 13.2 Å². The van der Waals surface area contributed by atoms with Crippen LogP contribution in [0, 0.1) is 0 Å². The van der Waals surface area contributed by atoms with Crippen molar-refractivity contribution in [2.75, 3.05) is 24.2 Å². The zero-order valence-corrected chi connectivity index (χ0v) is 22.3. The summed E-state index contributed by atoms with van der Waals surface area (Å²) in [6, 6.07) is 9.62. The zero-order valence-electron chi connectivity index (χ0n) is 21.5. The van der Waals surface area contributed by atoms with Crippen molar-refractivity contribution in [1.82, 2.24) is 10.2 Å². The number of sulfonamides is 1. The summed E-state index contributed by atoms with van der Waals surface area (Å²) in [7, 11) is -2.67. The molecule has 2 aromatic carbocycles. The first-order valence-corrected chi connectivity index (χ1v) is 14.0. The van der Waals surface area contributed by atoms with Crippen LogP contribution in [-0.2, 0) is 32.3 Å². The van der Waals surface area contributed by atoms with Gasteiger partial charge in [-0.25, -0.2) is 8.42 Å². The molecule has 1 aliphatic rings. The van der Waals surface area contributed by atoms with E-state index < -0.39 is 46.2 Å². The van der Waals surface area contributed by atoms with E-state index in [0.717, 1.165) is 44.1 Å². The molecule has 0 bridgehead atoms. The first-order valence-electron chi connectivity index (χ1n) is 12.2. The molecule has 0 saturated heterocycles. The largest absolute Gasteiger partial charge is 0.497 e. The summed E-state index contributed by atoms with van der Waals surface area (Å²) in [5.74, 6) is -0.609. The maximum absolute atomic E-state index is 13.6. The lowest BCUT2D eigenvalue weighted by Gasteiger charge is -2.32. The average Bonchev–Trinajstić information content (AvgIpc) is 3.37. The molecule has 1 unspecified atom stereocenters. The van der Waals surface area contributed by atoms with Gasteiger partial charge in [0.15, 0.2) is 0 Å². The number of carbonyl (C=O) groups is 2. The molecule has 3 rings (SSSR count). The molecule has 0 heterocycles. The van der Waals surface area contributed by atoms with Gasteiger partial charge in [-0.15, -0.1) is 0 Å². The van der Waals surface area contributed by atoms with Gasteiger partial charge in [-0.3, -0.25) is 13.9 Å². The van der Waals surface area contributed by atoms with E-state index in [4.69, 9.17) is 4.74 Å². The van der Waals surface area contributed by atoms with Crippen LogP contribution < -0.4 is 14.4 Å². The van der Waals surface area contributed by atoms with Crippen molar-refractivity contribution >= 4 is 27.5 Å². The SMILES string of the molecule is COc1cccc(CN(C(=O)CN(c2cccc(C(F)(F)F)c2)S(C)(=O)=O)C(C)C(=O)NC2CCCC2)c1. The number of hydrogen-bond donors (Lipinski definition) is 1. The van der Waals surface area contributed by atoms with Crippen LogP contribution in [0.5, 0.6) is 5.75 Å². The number of hydrogen-bond acceptors (Lipinski definition) is 5. The van der Waals surface area contributed by atoms with Crippen LogP contribution in [0.15, 0.2) is 48.5 Å². The molecule has 1 aliphatic carbocycles. The van der Waals surface area contributed by atoms with E-state index in [1.54, 1.807) is 24.3 Å². The number of benzene rings is 2. The van der Waals surface area contributed by atoms with Gasteiger partial charge in [0, 0.05) is 12.6 Å². The predicted octanol–water partition coefficient (Wildman–Crippen LogP) is 3.96. The summed E-state index contributed by atoms with van der Waals surface area (Å²) in [5, 5.41) is 2.95. The van der Waals surface area contributed by atoms with Gasteiger partial charge in [0.1, 0.15) is 18.3 Å². The number of nitrogens with one attached hydrogen (secondary N) is 1. The number of nitrogens with zero attached hydrogens (tertiary/aromatic N) is 2. The Hall–Kier alpha value is -3.28. The van der Waals surface area contributed by atoms with E-state index in [1.807, 2.05) is 0 Å². The fourth-order valence-corrected chi connectivity index (χ4v) is 5.23. The number of ether oxygens (including phenoxy) is 1. The lowest BCUT2D eigenvalue weighted by Crippen LogP contribution is -2.52. The van der Waals surface area contributed by atoms with Crippen LogP contribution >= 0.6 is 0 Å². The van der Waals surface area contributed by atoms with E-state index in [2.05, 4.69) is 5.32 Å². The van der Waals surface area contributed by atoms with Crippen molar-refractivity contribution < 1.29 is 35.9 Å². The highest BCUT2D eigenvalue weighted by molar-refractivity contribution is 7.92. The van der Waals surface area contributed by atoms with E-state index in [1.165, 1.54) is 25.0 Å². The van der Waals surface area contributed by atoms with Crippen molar-refractivity contribution in [2.45, 2.75) is 57.4 Å². The Morgan fingerprint density at radius 2 is 1.76 bits per heavy atom. The Morgan fingerprint density at radius 3 is 2.37 bits per heavy atom. The molecule has 2 aromatic rings. The Labute approximate surface area is 220 Å². The Morgan fingerprint density at radius 1 is 1.11 bits per heavy atom. The normalized spacial score (nSPS) is 15.1. The third kappa shape index (κ3) is 7.62. The van der Waals surface area contributed by atoms with Gasteiger partial charge in [0.05, 0.1) is 24.6 Å². The van der Waals surface area contributed by atoms with Gasteiger partial charge in [-0.05, 0) is 55.7 Å². The van der Waals surface area contributed by atoms with Crippen LogP contribution in [0.2, 0.25) is 0 Å². The minimum atomic E-state index is -4.70. The van der Waals surface area contributed by atoms with Crippen LogP contribution in [-0.4, -0.2) is 57.1 Å². The van der Waals surface area contributed by atoms with Crippen molar-refractivity contribution in [3.63, 3.8) is 0 Å². The molecule has 0 radical (unpaired) electrons. The summed E-state index contributed by atoms with van der Waals surface area (Å²) < 4.78 is 70.9. The van der Waals surface area contributed by atoms with Gasteiger partial charge >= 0.3 is 6.18 Å². The summed E-state index contributed by atoms with van der Waals surface area (Å²) in [4.78, 5) is 27.9. The number of methoxy groups -OCH3 is 1. The molecule has 8 nitrogen and oxygen atoms in total. The fraction of sp³-hybridized carbons (Fsp3) is 0.462. The maximum atomic E-state index is 13.6. The smallest absolute Gasteiger partial charge is 0.416 e. The molecule has 1 fully saturated rings. The first-order chi connectivity index (χ1) is 17.8. The highest BCUT2D eigenvalue weighted by atomic mass is 32.2. The molecule has 0 aliphatic heterocycles. The number of carbonyl (C=O) groups excluding carboxylic acids is 2. The topological polar surface area (TPSA) is 96.0 Å². The quantitative estimate of drug-likeness (QED) is 0.479. The lowest BCUT2D eigenvalue weighted by molar-refractivity contribution is -0.139. The fourth-order valence-electron chi connectivity index (χ4n) is 4.39. The molecule has 2 amide bonds. The standard InChI is InChI=1S/C26H32F3N3O5S/c1-18(25(34)30-21-10-4-5-11-21)31(16-19-8-6-13-23(14-19)37-2)24(33)17-32(38(3,35)36)22-12-7-9-20(15-22)26(27,28)29/h6-9,12-15,18,21H,4-5,10-11,16-17H2,1-3H3,(H,30,34). The van der Waals surface area contributed by atoms with E-state index in [-0.39, 0.29) is 18.3 Å². The molecule has 208 valence electrons. The van der Waals surface area contributed by atoms with Gasteiger partial charge in [-0.1, -0.05) is 31.0 Å². The number of amides is 2. The molecule has 0 aromatic heterocycles. The molecular weight excluding hydrogens is 523 g/mol. The minimum absolute atomic E-state index is 0.00338. The maximum Gasteiger partial charge on any atom is 0.416 e. The molecule has 1 N–H and O–H groups in total. The second-order valence-electron chi connectivity index (χ2n) is 9.36. The number of halogens is 3. The third-order valence-corrected chi connectivity index (χ3v) is 7.64. The van der Waals surface area contributed by atoms with Crippen molar-refractivity contribution in [1.29, 1.82) is 0 Å². The summed E-state index contributed by atoms with van der Waals surface area (Å²) in [6.07, 6.45) is -0.241. The minimum Gasteiger partial charge on any atom is -0.497 e. The van der Waals surface area contributed by atoms with Gasteiger partial charge in [0.2, 0.25) is 21.8 Å². The molecule has 38 heavy (non-hydrogen) atoms. The first kappa shape index (κ1) is 29.3. The second kappa shape index (κ2) is 12.1. The lowest BCUT2D eigenvalue weighted by atomic mass is 10.1. The summed E-state index contributed by atoms with van der Waals surface area (Å²) >= 11 is 0. The van der Waals surface area contributed by atoms with Crippen LogP contribution in [0.1, 0.15) is 43.7 Å². The van der Waals surface area contributed by atoms with E-state index in [0.29, 0.717) is 21.7 Å². The van der Waals surface area contributed by atoms with Crippen molar-refractivity contribution in [3.8, 4) is 5.75 Å². The van der Waals surface area contributed by atoms with Crippen LogP contribution in [0.4, 0.5) is 18.9 Å². The molecule has 0 spiro atoms. The second-order valence-corrected chi connectivity index (χ2v) is 11.3. The monoisotopic (exact) mass is 555 g/mol. The molecule has 1 atom stereocenters. The number of anilines is 1. The van der Waals surface area contributed by atoms with Crippen molar-refractivity contribution in [3.05, 3.63) is 59.7 Å². The molecule has 1 saturated carbocycles. The Kier molecular flexibility index (Phi) is 9.29. The molecule has 12 heteroatoms. The average molecular weight is 556 g/mol. The summed E-state index contributed by atoms with van der Waals surface area (Å²) in [6.45, 7) is 0.706. The number of alkyl halides is 3. The van der Waals surface area contributed by atoms with Gasteiger partial charge in [0.25, 0.3) is 0 Å².